The summed E-state index contributed by atoms with van der Waals surface area (Å²) in [5.74, 6) is 0. The SMILES string of the molecule is Cc1ccc(S(=O)(=O)N2Cc3cccc(n3)CCc3cccc(n3)C2)cc1. The number of rotatable bonds is 2. The topological polar surface area (TPSA) is 63.2 Å². The van der Waals surface area contributed by atoms with Gasteiger partial charge in [-0.05, 0) is 56.2 Å². The molecule has 4 rings (SSSR count). The quantitative estimate of drug-likeness (QED) is 0.686. The van der Waals surface area contributed by atoms with Gasteiger partial charge in [0.2, 0.25) is 10.0 Å². The van der Waals surface area contributed by atoms with E-state index in [0.717, 1.165) is 41.2 Å². The van der Waals surface area contributed by atoms with Crippen molar-refractivity contribution in [2.45, 2.75) is 37.8 Å². The van der Waals surface area contributed by atoms with Crippen molar-refractivity contribution < 1.29 is 8.42 Å². The van der Waals surface area contributed by atoms with Crippen LogP contribution in [0.1, 0.15) is 28.3 Å². The van der Waals surface area contributed by atoms with E-state index < -0.39 is 10.0 Å². The second-order valence-electron chi connectivity index (χ2n) is 6.83. The molecule has 138 valence electrons. The highest BCUT2D eigenvalue weighted by atomic mass is 32.2. The van der Waals surface area contributed by atoms with Gasteiger partial charge in [0.25, 0.3) is 0 Å². The van der Waals surface area contributed by atoms with Crippen molar-refractivity contribution >= 4 is 10.0 Å². The van der Waals surface area contributed by atoms with Crippen LogP contribution in [-0.2, 0) is 36.0 Å². The summed E-state index contributed by atoms with van der Waals surface area (Å²) in [5.41, 5.74) is 4.43. The zero-order chi connectivity index (χ0) is 18.9. The number of aryl methyl sites for hydroxylation is 3. The highest BCUT2D eigenvalue weighted by Crippen LogP contribution is 2.22. The summed E-state index contributed by atoms with van der Waals surface area (Å²) in [6.07, 6.45) is 1.57. The molecule has 5 nitrogen and oxygen atoms in total. The van der Waals surface area contributed by atoms with Crippen LogP contribution in [0.3, 0.4) is 0 Å². The Hall–Kier alpha value is -2.57. The minimum absolute atomic E-state index is 0.218. The average Bonchev–Trinajstić information content (AvgIpc) is 2.68. The van der Waals surface area contributed by atoms with Crippen molar-refractivity contribution in [1.82, 2.24) is 14.3 Å². The molecule has 3 aromatic rings. The molecule has 4 bridgehead atoms. The molecule has 0 spiro atoms. The van der Waals surface area contributed by atoms with E-state index in [0.29, 0.717) is 0 Å². The Morgan fingerprint density at radius 1 is 0.741 bits per heavy atom. The zero-order valence-electron chi connectivity index (χ0n) is 15.2. The Kier molecular flexibility index (Phi) is 4.76. The monoisotopic (exact) mass is 379 g/mol. The Labute approximate surface area is 159 Å². The normalized spacial score (nSPS) is 15.1. The van der Waals surface area contributed by atoms with Crippen LogP contribution in [0.2, 0.25) is 0 Å². The first-order valence-corrected chi connectivity index (χ1v) is 10.4. The Morgan fingerprint density at radius 3 is 1.74 bits per heavy atom. The largest absolute Gasteiger partial charge is 0.256 e. The van der Waals surface area contributed by atoms with E-state index in [9.17, 15) is 8.42 Å². The smallest absolute Gasteiger partial charge is 0.243 e. The number of hydrogen-bond acceptors (Lipinski definition) is 4. The molecule has 0 saturated carbocycles. The number of benzene rings is 1. The minimum Gasteiger partial charge on any atom is -0.256 e. The lowest BCUT2D eigenvalue weighted by atomic mass is 10.1. The van der Waals surface area contributed by atoms with E-state index in [1.165, 1.54) is 4.31 Å². The molecular weight excluding hydrogens is 358 g/mol. The van der Waals surface area contributed by atoms with Crippen molar-refractivity contribution in [2.75, 3.05) is 0 Å². The van der Waals surface area contributed by atoms with Gasteiger partial charge < -0.3 is 0 Å². The Morgan fingerprint density at radius 2 is 1.22 bits per heavy atom. The van der Waals surface area contributed by atoms with Gasteiger partial charge in [-0.2, -0.15) is 4.31 Å². The van der Waals surface area contributed by atoms with Crippen LogP contribution in [0.25, 0.3) is 0 Å². The molecule has 3 heterocycles. The van der Waals surface area contributed by atoms with Crippen molar-refractivity contribution in [2.24, 2.45) is 0 Å². The summed E-state index contributed by atoms with van der Waals surface area (Å²) in [7, 11) is -3.67. The predicted molar refractivity (Wildman–Crippen MR) is 103 cm³/mol. The summed E-state index contributed by atoms with van der Waals surface area (Å²) in [6.45, 7) is 2.38. The number of sulfonamides is 1. The summed E-state index contributed by atoms with van der Waals surface area (Å²) < 4.78 is 28.1. The van der Waals surface area contributed by atoms with Crippen molar-refractivity contribution in [3.8, 4) is 0 Å². The predicted octanol–water partition coefficient (Wildman–Crippen LogP) is 3.27. The van der Waals surface area contributed by atoms with Crippen molar-refractivity contribution in [1.29, 1.82) is 0 Å². The second-order valence-corrected chi connectivity index (χ2v) is 8.76. The van der Waals surface area contributed by atoms with Crippen LogP contribution in [0.4, 0.5) is 0 Å². The van der Waals surface area contributed by atoms with Gasteiger partial charge in [-0.25, -0.2) is 8.42 Å². The van der Waals surface area contributed by atoms with Crippen LogP contribution >= 0.6 is 0 Å². The van der Waals surface area contributed by atoms with Gasteiger partial charge in [-0.3, -0.25) is 9.97 Å². The number of pyridine rings is 2. The molecule has 0 saturated heterocycles. The van der Waals surface area contributed by atoms with E-state index in [1.54, 1.807) is 12.1 Å². The molecule has 0 fully saturated rings. The van der Waals surface area contributed by atoms with E-state index in [-0.39, 0.29) is 18.0 Å². The Balaban J connectivity index is 1.79. The van der Waals surface area contributed by atoms with Crippen LogP contribution in [0.5, 0.6) is 0 Å². The fraction of sp³-hybridized carbons (Fsp3) is 0.238. The van der Waals surface area contributed by atoms with E-state index in [2.05, 4.69) is 9.97 Å². The van der Waals surface area contributed by atoms with Crippen LogP contribution in [-0.4, -0.2) is 22.7 Å². The summed E-state index contributed by atoms with van der Waals surface area (Å²) in [5, 5.41) is 0. The fourth-order valence-electron chi connectivity index (χ4n) is 3.22. The molecule has 1 aromatic carbocycles. The number of nitrogens with zero attached hydrogens (tertiary/aromatic N) is 3. The van der Waals surface area contributed by atoms with Gasteiger partial charge in [-0.15, -0.1) is 0 Å². The Bertz CT molecular complexity index is 1010. The number of hydrogen-bond donors (Lipinski definition) is 0. The maximum atomic E-state index is 13.3. The second kappa shape index (κ2) is 7.21. The zero-order valence-corrected chi connectivity index (χ0v) is 16.0. The number of fused-ring (bicyclic) bond motifs is 4. The first-order valence-electron chi connectivity index (χ1n) is 8.97. The van der Waals surface area contributed by atoms with Crippen LogP contribution in [0.15, 0.2) is 65.6 Å². The third-order valence-corrected chi connectivity index (χ3v) is 6.51. The molecule has 2 aromatic heterocycles. The van der Waals surface area contributed by atoms with Gasteiger partial charge >= 0.3 is 0 Å². The summed E-state index contributed by atoms with van der Waals surface area (Å²) in [6, 6.07) is 18.5. The van der Waals surface area contributed by atoms with Gasteiger partial charge in [0.1, 0.15) is 0 Å². The average molecular weight is 379 g/mol. The molecule has 1 aliphatic heterocycles. The molecule has 6 heteroatoms. The lowest BCUT2D eigenvalue weighted by molar-refractivity contribution is 0.392. The maximum Gasteiger partial charge on any atom is 0.243 e. The lowest BCUT2D eigenvalue weighted by Crippen LogP contribution is -2.31. The van der Waals surface area contributed by atoms with Gasteiger partial charge in [0, 0.05) is 11.4 Å². The van der Waals surface area contributed by atoms with Crippen LogP contribution < -0.4 is 0 Å². The fourth-order valence-corrected chi connectivity index (χ4v) is 4.60. The maximum absolute atomic E-state index is 13.3. The minimum atomic E-state index is -3.67. The third kappa shape index (κ3) is 3.91. The molecule has 0 N–H and O–H groups in total. The lowest BCUT2D eigenvalue weighted by Gasteiger charge is -2.22. The van der Waals surface area contributed by atoms with Gasteiger partial charge in [-0.1, -0.05) is 29.8 Å². The van der Waals surface area contributed by atoms with Gasteiger partial charge in [0.15, 0.2) is 0 Å². The highest BCUT2D eigenvalue weighted by molar-refractivity contribution is 7.89. The van der Waals surface area contributed by atoms with Crippen LogP contribution in [0, 0.1) is 6.92 Å². The molecule has 1 aliphatic rings. The van der Waals surface area contributed by atoms with E-state index >= 15 is 0 Å². The summed E-state index contributed by atoms with van der Waals surface area (Å²) >= 11 is 0. The molecule has 27 heavy (non-hydrogen) atoms. The molecule has 0 aliphatic carbocycles. The van der Waals surface area contributed by atoms with E-state index in [1.807, 2.05) is 55.5 Å². The van der Waals surface area contributed by atoms with Crippen molar-refractivity contribution in [3.05, 3.63) is 89.0 Å². The molecule has 0 amide bonds. The van der Waals surface area contributed by atoms with Gasteiger partial charge in [0.05, 0.1) is 29.4 Å². The number of aromatic nitrogens is 2. The third-order valence-electron chi connectivity index (χ3n) is 4.70. The molecule has 0 atom stereocenters. The molecule has 0 unspecified atom stereocenters. The van der Waals surface area contributed by atoms with E-state index in [4.69, 9.17) is 0 Å². The highest BCUT2D eigenvalue weighted by Gasteiger charge is 2.26. The summed E-state index contributed by atoms with van der Waals surface area (Å²) in [4.78, 5) is 9.60. The first-order chi connectivity index (χ1) is 13.0. The standard InChI is InChI=1S/C21H21N3O2S/c1-16-8-12-21(13-9-16)27(25,26)24-14-19-6-2-4-17(22-19)10-11-18-5-3-7-20(15-24)23-18/h2-9,12-13H,10-11,14-15H2,1H3. The first kappa shape index (κ1) is 17.8. The molecule has 0 radical (unpaired) electrons. The van der Waals surface area contributed by atoms with Crippen molar-refractivity contribution in [3.63, 3.8) is 0 Å². The molecular formula is C21H21N3O2S.